The van der Waals surface area contributed by atoms with Gasteiger partial charge in [0.1, 0.15) is 5.70 Å². The molecule has 7 nitrogen and oxygen atoms in total. The van der Waals surface area contributed by atoms with E-state index >= 15 is 0 Å². The molecule has 2 amide bonds. The molecule has 7 heteroatoms. The normalized spacial score (nSPS) is 13.6. The Morgan fingerprint density at radius 2 is 1.48 bits per heavy atom. The number of rotatable bonds is 5. The summed E-state index contributed by atoms with van der Waals surface area (Å²) >= 11 is 0. The molecule has 1 N–H and O–H groups in total. The van der Waals surface area contributed by atoms with Gasteiger partial charge in [-0.2, -0.15) is 0 Å². The van der Waals surface area contributed by atoms with Crippen LogP contribution in [0.1, 0.15) is 27.8 Å². The van der Waals surface area contributed by atoms with E-state index in [1.807, 2.05) is 52.0 Å². The minimum absolute atomic E-state index is 0.0914. The largest absolute Gasteiger partial charge is 0.350 e. The number of carbonyl (C=O) groups is 2. The summed E-state index contributed by atoms with van der Waals surface area (Å²) in [5.74, 6) is -0.948. The Morgan fingerprint density at radius 3 is 2.09 bits per heavy atom. The van der Waals surface area contributed by atoms with E-state index in [-0.39, 0.29) is 17.0 Å². The van der Waals surface area contributed by atoms with E-state index in [2.05, 4.69) is 5.32 Å². The van der Waals surface area contributed by atoms with Gasteiger partial charge in [0.05, 0.1) is 16.2 Å². The van der Waals surface area contributed by atoms with E-state index in [9.17, 15) is 19.7 Å². The van der Waals surface area contributed by atoms with Crippen LogP contribution in [-0.4, -0.2) is 16.7 Å². The van der Waals surface area contributed by atoms with Gasteiger partial charge in [0.25, 0.3) is 17.5 Å². The number of hydrogen-bond acceptors (Lipinski definition) is 5. The van der Waals surface area contributed by atoms with Crippen molar-refractivity contribution in [2.75, 3.05) is 10.2 Å². The summed E-state index contributed by atoms with van der Waals surface area (Å²) in [5.41, 5.74) is 5.67. The molecule has 0 bridgehead atoms. The molecule has 0 aliphatic carbocycles. The van der Waals surface area contributed by atoms with E-state index in [4.69, 9.17) is 0 Å². The molecule has 0 fully saturated rings. The zero-order chi connectivity index (χ0) is 23.9. The van der Waals surface area contributed by atoms with Crippen LogP contribution in [0, 0.1) is 37.8 Å². The molecular formula is C26H23N3O4. The smallest absolute Gasteiger partial charge is 0.282 e. The molecule has 0 atom stereocenters. The Bertz CT molecular complexity index is 1320. The fourth-order valence-electron chi connectivity index (χ4n) is 4.05. The number of imide groups is 1. The van der Waals surface area contributed by atoms with Gasteiger partial charge in [0.2, 0.25) is 0 Å². The van der Waals surface area contributed by atoms with E-state index in [0.29, 0.717) is 16.9 Å². The Labute approximate surface area is 191 Å². The van der Waals surface area contributed by atoms with Crippen molar-refractivity contribution in [3.63, 3.8) is 0 Å². The van der Waals surface area contributed by atoms with Crippen molar-refractivity contribution in [2.45, 2.75) is 27.7 Å². The summed E-state index contributed by atoms with van der Waals surface area (Å²) in [6, 6.07) is 16.9. The quantitative estimate of drug-likeness (QED) is 0.333. The van der Waals surface area contributed by atoms with Gasteiger partial charge in [-0.15, -0.1) is 0 Å². The van der Waals surface area contributed by atoms with Gasteiger partial charge in [-0.1, -0.05) is 18.2 Å². The SMILES string of the molecule is Cc1cc(C)cc(NC2=C(c3ccc([N+](=O)[O-])cc3)C(=O)N(c3cccc(C)c3C)C2=O)c1. The van der Waals surface area contributed by atoms with Gasteiger partial charge in [-0.05, 0) is 85.8 Å². The highest BCUT2D eigenvalue weighted by molar-refractivity contribution is 6.46. The summed E-state index contributed by atoms with van der Waals surface area (Å²) < 4.78 is 0. The number of nitrogens with zero attached hydrogens (tertiary/aromatic N) is 2. The van der Waals surface area contributed by atoms with Gasteiger partial charge >= 0.3 is 0 Å². The fraction of sp³-hybridized carbons (Fsp3) is 0.154. The number of nitro benzene ring substituents is 1. The third-order valence-electron chi connectivity index (χ3n) is 5.76. The fourth-order valence-corrected chi connectivity index (χ4v) is 4.05. The molecule has 0 unspecified atom stereocenters. The average Bonchev–Trinajstić information content (AvgIpc) is 2.99. The van der Waals surface area contributed by atoms with Crippen LogP contribution in [0.4, 0.5) is 17.1 Å². The lowest BCUT2D eigenvalue weighted by atomic mass is 10.0. The number of anilines is 2. The number of benzene rings is 3. The standard InChI is InChI=1S/C26H23N3O4/c1-15-12-16(2)14-20(13-15)27-24-23(19-8-10-21(11-9-19)29(32)33)25(30)28(26(24)31)22-7-5-6-17(3)18(22)4/h5-14,27H,1-4H3. The molecule has 3 aromatic rings. The first-order chi connectivity index (χ1) is 15.7. The molecule has 1 heterocycles. The van der Waals surface area contributed by atoms with Gasteiger partial charge in [0.15, 0.2) is 0 Å². The number of nitrogens with one attached hydrogen (secondary N) is 1. The Hall–Kier alpha value is -4.26. The van der Waals surface area contributed by atoms with Crippen molar-refractivity contribution in [1.82, 2.24) is 0 Å². The maximum atomic E-state index is 13.6. The number of aryl methyl sites for hydroxylation is 3. The first kappa shape index (κ1) is 22.0. The van der Waals surface area contributed by atoms with E-state index < -0.39 is 16.7 Å². The van der Waals surface area contributed by atoms with Crippen LogP contribution in [0.3, 0.4) is 0 Å². The van der Waals surface area contributed by atoms with Crippen molar-refractivity contribution in [2.24, 2.45) is 0 Å². The monoisotopic (exact) mass is 441 g/mol. The molecule has 3 aromatic carbocycles. The third-order valence-corrected chi connectivity index (χ3v) is 5.76. The Morgan fingerprint density at radius 1 is 0.848 bits per heavy atom. The van der Waals surface area contributed by atoms with Crippen LogP contribution in [0.15, 0.2) is 66.4 Å². The van der Waals surface area contributed by atoms with E-state index in [1.165, 1.54) is 29.2 Å². The van der Waals surface area contributed by atoms with E-state index in [1.54, 1.807) is 12.1 Å². The first-order valence-corrected chi connectivity index (χ1v) is 10.5. The van der Waals surface area contributed by atoms with Crippen LogP contribution in [-0.2, 0) is 9.59 Å². The average molecular weight is 441 g/mol. The molecule has 1 aliphatic rings. The second kappa shape index (κ2) is 8.35. The van der Waals surface area contributed by atoms with Crippen molar-refractivity contribution in [3.8, 4) is 0 Å². The summed E-state index contributed by atoms with van der Waals surface area (Å²) in [5, 5.41) is 14.2. The topological polar surface area (TPSA) is 92.6 Å². The van der Waals surface area contributed by atoms with Gasteiger partial charge in [0, 0.05) is 17.8 Å². The zero-order valence-electron chi connectivity index (χ0n) is 18.8. The predicted molar refractivity (Wildman–Crippen MR) is 128 cm³/mol. The summed E-state index contributed by atoms with van der Waals surface area (Å²) in [6.07, 6.45) is 0. The second-order valence-corrected chi connectivity index (χ2v) is 8.22. The maximum absolute atomic E-state index is 13.6. The van der Waals surface area contributed by atoms with Crippen molar-refractivity contribution >= 4 is 34.4 Å². The molecule has 4 rings (SSSR count). The molecule has 0 saturated carbocycles. The molecule has 0 aromatic heterocycles. The molecule has 0 saturated heterocycles. The Kier molecular flexibility index (Phi) is 5.55. The number of amides is 2. The minimum atomic E-state index is -0.503. The lowest BCUT2D eigenvalue weighted by Crippen LogP contribution is -2.33. The van der Waals surface area contributed by atoms with Gasteiger partial charge < -0.3 is 5.32 Å². The van der Waals surface area contributed by atoms with Crippen LogP contribution in [0.25, 0.3) is 5.57 Å². The van der Waals surface area contributed by atoms with Crippen molar-refractivity contribution in [1.29, 1.82) is 0 Å². The molecule has 33 heavy (non-hydrogen) atoms. The molecule has 166 valence electrons. The lowest BCUT2D eigenvalue weighted by molar-refractivity contribution is -0.384. The van der Waals surface area contributed by atoms with E-state index in [0.717, 1.165) is 22.3 Å². The minimum Gasteiger partial charge on any atom is -0.350 e. The highest BCUT2D eigenvalue weighted by Gasteiger charge is 2.41. The number of carbonyl (C=O) groups excluding carboxylic acids is 2. The van der Waals surface area contributed by atoms with Crippen molar-refractivity contribution < 1.29 is 14.5 Å². The highest BCUT2D eigenvalue weighted by atomic mass is 16.6. The number of nitro groups is 1. The Balaban J connectivity index is 1.86. The summed E-state index contributed by atoms with van der Waals surface area (Å²) in [4.78, 5) is 38.9. The van der Waals surface area contributed by atoms with Crippen LogP contribution >= 0.6 is 0 Å². The third kappa shape index (κ3) is 4.01. The lowest BCUT2D eigenvalue weighted by Gasteiger charge is -2.19. The molecular weight excluding hydrogens is 418 g/mol. The molecule has 0 radical (unpaired) electrons. The zero-order valence-corrected chi connectivity index (χ0v) is 18.8. The van der Waals surface area contributed by atoms with Crippen LogP contribution < -0.4 is 10.2 Å². The first-order valence-electron chi connectivity index (χ1n) is 10.5. The van der Waals surface area contributed by atoms with Crippen molar-refractivity contribution in [3.05, 3.63) is 104 Å². The number of non-ortho nitro benzene ring substituents is 1. The number of hydrogen-bond donors (Lipinski definition) is 1. The highest BCUT2D eigenvalue weighted by Crippen LogP contribution is 2.36. The second-order valence-electron chi connectivity index (χ2n) is 8.22. The van der Waals surface area contributed by atoms with Gasteiger partial charge in [-0.25, -0.2) is 4.90 Å². The van der Waals surface area contributed by atoms with Crippen LogP contribution in [0.2, 0.25) is 0 Å². The van der Waals surface area contributed by atoms with Crippen LogP contribution in [0.5, 0.6) is 0 Å². The summed E-state index contributed by atoms with van der Waals surface area (Å²) in [7, 11) is 0. The molecule has 0 spiro atoms. The maximum Gasteiger partial charge on any atom is 0.282 e. The van der Waals surface area contributed by atoms with Gasteiger partial charge in [-0.3, -0.25) is 19.7 Å². The molecule has 1 aliphatic heterocycles. The predicted octanol–water partition coefficient (Wildman–Crippen LogP) is 5.23. The summed E-state index contributed by atoms with van der Waals surface area (Å²) in [6.45, 7) is 7.69.